The topological polar surface area (TPSA) is 26.3 Å². The molecule has 19 heavy (non-hydrogen) atoms. The van der Waals surface area contributed by atoms with Crippen LogP contribution in [-0.4, -0.2) is 12.1 Å². The van der Waals surface area contributed by atoms with E-state index in [9.17, 15) is 4.79 Å². The summed E-state index contributed by atoms with van der Waals surface area (Å²) in [6, 6.07) is 0. The molecule has 0 bridgehead atoms. The Balaban J connectivity index is 1.95. The monoisotopic (exact) mass is 262 g/mol. The van der Waals surface area contributed by atoms with E-state index < -0.39 is 0 Å². The average Bonchev–Trinajstić information content (AvgIpc) is 2.78. The molecule has 0 N–H and O–H groups in total. The van der Waals surface area contributed by atoms with Crippen LogP contribution in [0.25, 0.3) is 0 Å². The van der Waals surface area contributed by atoms with E-state index in [2.05, 4.69) is 32.1 Å². The molecular weight excluding hydrogens is 236 g/mol. The predicted octanol–water partition coefficient (Wildman–Crippen LogP) is 4.27. The summed E-state index contributed by atoms with van der Waals surface area (Å²) in [5, 5.41) is 0. The molecule has 2 aliphatic rings. The van der Waals surface area contributed by atoms with Gasteiger partial charge in [-0.1, -0.05) is 44.4 Å². The summed E-state index contributed by atoms with van der Waals surface area (Å²) >= 11 is 0. The zero-order valence-corrected chi connectivity index (χ0v) is 12.4. The highest BCUT2D eigenvalue weighted by atomic mass is 16.5. The molecule has 2 aliphatic carbocycles. The highest BCUT2D eigenvalue weighted by molar-refractivity contribution is 5.66. The van der Waals surface area contributed by atoms with Crippen molar-refractivity contribution < 1.29 is 9.53 Å². The van der Waals surface area contributed by atoms with Crippen LogP contribution in [0.2, 0.25) is 0 Å². The van der Waals surface area contributed by atoms with E-state index in [0.29, 0.717) is 17.8 Å². The zero-order chi connectivity index (χ0) is 13.8. The third-order valence-corrected chi connectivity index (χ3v) is 4.49. The first kappa shape index (κ1) is 14.4. The SMILES string of the molecule is CCCCC(C)C1=CC[C@@H]2C[C@@H](OC(C)=O)C=C[C@H]12. The van der Waals surface area contributed by atoms with Crippen LogP contribution in [-0.2, 0) is 9.53 Å². The number of fused-ring (bicyclic) bond motifs is 1. The summed E-state index contributed by atoms with van der Waals surface area (Å²) in [6.45, 7) is 6.10. The summed E-state index contributed by atoms with van der Waals surface area (Å²) in [5.74, 6) is 1.77. The minimum absolute atomic E-state index is 0.00236. The van der Waals surface area contributed by atoms with Crippen molar-refractivity contribution in [1.29, 1.82) is 0 Å². The van der Waals surface area contributed by atoms with Crippen LogP contribution in [0, 0.1) is 17.8 Å². The van der Waals surface area contributed by atoms with Crippen molar-refractivity contribution in [3.8, 4) is 0 Å². The normalized spacial score (nSPS) is 30.7. The predicted molar refractivity (Wildman–Crippen MR) is 77.7 cm³/mol. The quantitative estimate of drug-likeness (QED) is 0.546. The molecule has 0 aromatic rings. The van der Waals surface area contributed by atoms with E-state index >= 15 is 0 Å². The average molecular weight is 262 g/mol. The Hall–Kier alpha value is -1.05. The van der Waals surface area contributed by atoms with Crippen LogP contribution in [0.5, 0.6) is 0 Å². The number of unbranched alkanes of at least 4 members (excludes halogenated alkanes) is 1. The Bertz CT molecular complexity index is 381. The van der Waals surface area contributed by atoms with Crippen molar-refractivity contribution in [3.05, 3.63) is 23.8 Å². The molecule has 2 nitrogen and oxygen atoms in total. The van der Waals surface area contributed by atoms with Gasteiger partial charge < -0.3 is 4.74 Å². The lowest BCUT2D eigenvalue weighted by Gasteiger charge is -2.30. The molecule has 2 rings (SSSR count). The van der Waals surface area contributed by atoms with Crippen LogP contribution >= 0.6 is 0 Å². The second-order valence-corrected chi connectivity index (χ2v) is 6.04. The lowest BCUT2D eigenvalue weighted by molar-refractivity contribution is -0.145. The van der Waals surface area contributed by atoms with E-state index in [-0.39, 0.29) is 12.1 Å². The molecule has 0 aromatic heterocycles. The number of carbonyl (C=O) groups is 1. The van der Waals surface area contributed by atoms with Crippen LogP contribution in [0.1, 0.15) is 52.9 Å². The molecule has 106 valence electrons. The zero-order valence-electron chi connectivity index (χ0n) is 12.4. The van der Waals surface area contributed by atoms with Crippen molar-refractivity contribution in [2.75, 3.05) is 0 Å². The lowest BCUT2D eigenvalue weighted by atomic mass is 9.78. The van der Waals surface area contributed by atoms with Crippen LogP contribution < -0.4 is 0 Å². The molecule has 0 saturated heterocycles. The largest absolute Gasteiger partial charge is 0.458 e. The molecule has 0 fully saturated rings. The Kier molecular flexibility index (Phi) is 4.84. The van der Waals surface area contributed by atoms with E-state index in [4.69, 9.17) is 4.74 Å². The maximum absolute atomic E-state index is 11.0. The molecule has 0 aliphatic heterocycles. The lowest BCUT2D eigenvalue weighted by Crippen LogP contribution is -2.26. The number of esters is 1. The molecular formula is C17H26O2. The highest BCUT2D eigenvalue weighted by Crippen LogP contribution is 2.43. The van der Waals surface area contributed by atoms with Gasteiger partial charge >= 0.3 is 5.97 Å². The van der Waals surface area contributed by atoms with E-state index in [0.717, 1.165) is 12.8 Å². The standard InChI is InChI=1S/C17H26O2/c1-4-5-6-12(2)16-9-7-14-11-15(19-13(3)18)8-10-17(14)16/h8-10,12,14-15,17H,4-7,11H2,1-3H3/t12?,14-,15+,17+/m1/s1. The molecule has 2 heteroatoms. The van der Waals surface area contributed by atoms with E-state index in [1.807, 2.05) is 0 Å². The first-order valence-electron chi connectivity index (χ1n) is 7.67. The van der Waals surface area contributed by atoms with Crippen LogP contribution in [0.15, 0.2) is 23.8 Å². The second kappa shape index (κ2) is 6.40. The minimum atomic E-state index is -0.171. The van der Waals surface area contributed by atoms with Crippen molar-refractivity contribution in [1.82, 2.24) is 0 Å². The first-order chi connectivity index (χ1) is 9.11. The third-order valence-electron chi connectivity index (χ3n) is 4.49. The smallest absolute Gasteiger partial charge is 0.303 e. The summed E-state index contributed by atoms with van der Waals surface area (Å²) < 4.78 is 5.31. The van der Waals surface area contributed by atoms with Gasteiger partial charge in [-0.15, -0.1) is 0 Å². The van der Waals surface area contributed by atoms with Gasteiger partial charge in [-0.05, 0) is 37.2 Å². The van der Waals surface area contributed by atoms with E-state index in [1.54, 1.807) is 5.57 Å². The first-order valence-corrected chi connectivity index (χ1v) is 7.67. The number of ether oxygens (including phenoxy) is 1. The van der Waals surface area contributed by atoms with Gasteiger partial charge in [0.15, 0.2) is 0 Å². The third kappa shape index (κ3) is 3.49. The number of allylic oxidation sites excluding steroid dienone is 3. The Morgan fingerprint density at radius 1 is 1.47 bits per heavy atom. The molecule has 0 heterocycles. The fourth-order valence-electron chi connectivity index (χ4n) is 3.48. The number of hydrogen-bond acceptors (Lipinski definition) is 2. The van der Waals surface area contributed by atoms with Crippen molar-refractivity contribution in [2.45, 2.75) is 59.0 Å². The number of carbonyl (C=O) groups excluding carboxylic acids is 1. The number of hydrogen-bond donors (Lipinski definition) is 0. The molecule has 0 spiro atoms. The molecule has 0 saturated carbocycles. The van der Waals surface area contributed by atoms with Crippen molar-refractivity contribution in [3.63, 3.8) is 0 Å². The maximum Gasteiger partial charge on any atom is 0.303 e. The van der Waals surface area contributed by atoms with Gasteiger partial charge in [-0.2, -0.15) is 0 Å². The minimum Gasteiger partial charge on any atom is -0.458 e. The van der Waals surface area contributed by atoms with Crippen molar-refractivity contribution in [2.24, 2.45) is 17.8 Å². The van der Waals surface area contributed by atoms with Gasteiger partial charge in [-0.3, -0.25) is 4.79 Å². The summed E-state index contributed by atoms with van der Waals surface area (Å²) in [6.07, 6.45) is 12.8. The van der Waals surface area contributed by atoms with Gasteiger partial charge in [0.1, 0.15) is 6.10 Å². The van der Waals surface area contributed by atoms with Gasteiger partial charge in [0.05, 0.1) is 0 Å². The Labute approximate surface area is 116 Å². The number of rotatable bonds is 5. The van der Waals surface area contributed by atoms with Crippen LogP contribution in [0.3, 0.4) is 0 Å². The second-order valence-electron chi connectivity index (χ2n) is 6.04. The fourth-order valence-corrected chi connectivity index (χ4v) is 3.48. The fraction of sp³-hybridized carbons (Fsp3) is 0.706. The summed E-state index contributed by atoms with van der Waals surface area (Å²) in [5.41, 5.74) is 1.62. The van der Waals surface area contributed by atoms with Gasteiger partial charge in [0.2, 0.25) is 0 Å². The molecule has 4 atom stereocenters. The van der Waals surface area contributed by atoms with E-state index in [1.165, 1.54) is 26.2 Å². The molecule has 1 unspecified atom stereocenters. The Morgan fingerprint density at radius 3 is 2.95 bits per heavy atom. The Morgan fingerprint density at radius 2 is 2.26 bits per heavy atom. The summed E-state index contributed by atoms with van der Waals surface area (Å²) in [4.78, 5) is 11.0. The van der Waals surface area contributed by atoms with Gasteiger partial charge in [-0.25, -0.2) is 0 Å². The molecule has 0 radical (unpaired) electrons. The van der Waals surface area contributed by atoms with Crippen molar-refractivity contribution >= 4 is 5.97 Å². The summed E-state index contributed by atoms with van der Waals surface area (Å²) in [7, 11) is 0. The van der Waals surface area contributed by atoms with Gasteiger partial charge in [0.25, 0.3) is 0 Å². The van der Waals surface area contributed by atoms with Crippen LogP contribution in [0.4, 0.5) is 0 Å². The molecule has 0 amide bonds. The highest BCUT2D eigenvalue weighted by Gasteiger charge is 2.34. The molecule has 0 aromatic carbocycles. The van der Waals surface area contributed by atoms with Gasteiger partial charge in [0, 0.05) is 12.8 Å². The maximum atomic E-state index is 11.0.